The maximum atomic E-state index is 12.6. The number of rotatable bonds is 4. The minimum Gasteiger partial charge on any atom is -0.497 e. The van der Waals surface area contributed by atoms with Crippen molar-refractivity contribution in [2.24, 2.45) is 0 Å². The fraction of sp³-hybridized carbons (Fsp3) is 0.538. The molecular formula is C13H21ClN2O3S. The second-order valence-electron chi connectivity index (χ2n) is 4.80. The van der Waals surface area contributed by atoms with Crippen molar-refractivity contribution >= 4 is 22.4 Å². The standard InChI is InChI=1S/C13H20N2O3S.ClH/c1-10-8-12(18-3)4-5-13(10)19(16,17)15(2)11-6-7-14-9-11;/h4-5,8,11,14H,6-7,9H2,1-3H3;1H. The molecule has 5 nitrogen and oxygen atoms in total. The van der Waals surface area contributed by atoms with Gasteiger partial charge in [-0.3, -0.25) is 0 Å². The monoisotopic (exact) mass is 320 g/mol. The average Bonchev–Trinajstić information content (AvgIpc) is 2.90. The lowest BCUT2D eigenvalue weighted by Crippen LogP contribution is -2.38. The minimum absolute atomic E-state index is 0. The van der Waals surface area contributed by atoms with Gasteiger partial charge in [0.15, 0.2) is 0 Å². The van der Waals surface area contributed by atoms with Gasteiger partial charge in [0, 0.05) is 19.6 Å². The number of ether oxygens (including phenoxy) is 1. The molecular weight excluding hydrogens is 300 g/mol. The second-order valence-corrected chi connectivity index (χ2v) is 6.77. The van der Waals surface area contributed by atoms with Crippen LogP contribution in [0.5, 0.6) is 5.75 Å². The van der Waals surface area contributed by atoms with E-state index in [-0.39, 0.29) is 18.4 Å². The summed E-state index contributed by atoms with van der Waals surface area (Å²) in [6, 6.07) is 5.07. The van der Waals surface area contributed by atoms with Gasteiger partial charge in [-0.25, -0.2) is 8.42 Å². The largest absolute Gasteiger partial charge is 0.497 e. The lowest BCUT2D eigenvalue weighted by Gasteiger charge is -2.24. The molecule has 1 saturated heterocycles. The van der Waals surface area contributed by atoms with Crippen LogP contribution in [0, 0.1) is 6.92 Å². The van der Waals surface area contributed by atoms with Gasteiger partial charge in [-0.05, 0) is 43.7 Å². The van der Waals surface area contributed by atoms with Crippen molar-refractivity contribution in [1.29, 1.82) is 0 Å². The zero-order chi connectivity index (χ0) is 14.0. The van der Waals surface area contributed by atoms with Crippen molar-refractivity contribution in [3.05, 3.63) is 23.8 Å². The van der Waals surface area contributed by atoms with Crippen molar-refractivity contribution in [3.8, 4) is 5.75 Å². The summed E-state index contributed by atoms with van der Waals surface area (Å²) >= 11 is 0. The molecule has 1 atom stereocenters. The lowest BCUT2D eigenvalue weighted by atomic mass is 10.2. The van der Waals surface area contributed by atoms with Gasteiger partial charge in [0.05, 0.1) is 12.0 Å². The van der Waals surface area contributed by atoms with E-state index in [9.17, 15) is 8.42 Å². The number of likely N-dealkylation sites (N-methyl/N-ethyl adjacent to an activating group) is 1. The summed E-state index contributed by atoms with van der Waals surface area (Å²) in [5, 5.41) is 3.18. The number of nitrogens with zero attached hydrogens (tertiary/aromatic N) is 1. The smallest absolute Gasteiger partial charge is 0.243 e. The minimum atomic E-state index is -3.44. The number of halogens is 1. The second kappa shape index (κ2) is 6.76. The van der Waals surface area contributed by atoms with Crippen LogP contribution in [0.3, 0.4) is 0 Å². The molecule has 2 rings (SSSR count). The molecule has 1 aliphatic rings. The summed E-state index contributed by atoms with van der Waals surface area (Å²) in [4.78, 5) is 0.350. The van der Waals surface area contributed by atoms with Crippen LogP contribution in [0.2, 0.25) is 0 Å². The van der Waals surface area contributed by atoms with E-state index in [1.165, 1.54) is 4.31 Å². The molecule has 114 valence electrons. The number of hydrogen-bond donors (Lipinski definition) is 1. The normalized spacial score (nSPS) is 18.9. The van der Waals surface area contributed by atoms with Crippen LogP contribution in [0.25, 0.3) is 0 Å². The summed E-state index contributed by atoms with van der Waals surface area (Å²) in [5.74, 6) is 0.668. The van der Waals surface area contributed by atoms with Gasteiger partial charge < -0.3 is 10.1 Å². The van der Waals surface area contributed by atoms with E-state index in [0.717, 1.165) is 13.0 Å². The fourth-order valence-corrected chi connectivity index (χ4v) is 3.93. The molecule has 1 N–H and O–H groups in total. The SMILES string of the molecule is COc1ccc(S(=O)(=O)N(C)C2CCNC2)c(C)c1.Cl. The number of benzene rings is 1. The Bertz CT molecular complexity index is 557. The van der Waals surface area contributed by atoms with E-state index >= 15 is 0 Å². The molecule has 1 aromatic carbocycles. The highest BCUT2D eigenvalue weighted by atomic mass is 35.5. The molecule has 0 aliphatic carbocycles. The first-order chi connectivity index (χ1) is 8.96. The van der Waals surface area contributed by atoms with Gasteiger partial charge in [0.25, 0.3) is 0 Å². The van der Waals surface area contributed by atoms with E-state index < -0.39 is 10.0 Å². The third-order valence-electron chi connectivity index (χ3n) is 3.59. The van der Waals surface area contributed by atoms with E-state index in [1.807, 2.05) is 0 Å². The maximum absolute atomic E-state index is 12.6. The molecule has 0 spiro atoms. The molecule has 1 unspecified atom stereocenters. The van der Waals surface area contributed by atoms with Crippen LogP contribution in [0.15, 0.2) is 23.1 Å². The summed E-state index contributed by atoms with van der Waals surface area (Å²) in [6.07, 6.45) is 0.852. The third kappa shape index (κ3) is 3.25. The predicted molar refractivity (Wildman–Crippen MR) is 81.2 cm³/mol. The van der Waals surface area contributed by atoms with Gasteiger partial charge >= 0.3 is 0 Å². The topological polar surface area (TPSA) is 58.6 Å². The van der Waals surface area contributed by atoms with Crippen molar-refractivity contribution in [3.63, 3.8) is 0 Å². The highest BCUT2D eigenvalue weighted by molar-refractivity contribution is 7.89. The Labute approximate surface area is 126 Å². The maximum Gasteiger partial charge on any atom is 0.243 e. The molecule has 0 bridgehead atoms. The van der Waals surface area contributed by atoms with Crippen LogP contribution >= 0.6 is 12.4 Å². The van der Waals surface area contributed by atoms with Gasteiger partial charge in [0.1, 0.15) is 5.75 Å². The van der Waals surface area contributed by atoms with Crippen LogP contribution in [-0.2, 0) is 10.0 Å². The molecule has 1 aromatic rings. The van der Waals surface area contributed by atoms with Gasteiger partial charge in [0.2, 0.25) is 10.0 Å². The quantitative estimate of drug-likeness (QED) is 0.911. The number of hydrogen-bond acceptors (Lipinski definition) is 4. The highest BCUT2D eigenvalue weighted by Crippen LogP contribution is 2.25. The molecule has 1 aliphatic heterocycles. The first kappa shape index (κ1) is 17.2. The Morgan fingerprint density at radius 2 is 2.10 bits per heavy atom. The van der Waals surface area contributed by atoms with Gasteiger partial charge in [-0.2, -0.15) is 4.31 Å². The van der Waals surface area contributed by atoms with Crippen LogP contribution in [-0.4, -0.2) is 46.0 Å². The van der Waals surface area contributed by atoms with E-state index in [4.69, 9.17) is 4.74 Å². The Morgan fingerprint density at radius 3 is 2.60 bits per heavy atom. The van der Waals surface area contributed by atoms with E-state index in [1.54, 1.807) is 39.3 Å². The third-order valence-corrected chi connectivity index (χ3v) is 5.66. The Kier molecular flexibility index (Phi) is 5.82. The predicted octanol–water partition coefficient (Wildman–Crippen LogP) is 1.41. The average molecular weight is 321 g/mol. The highest BCUT2D eigenvalue weighted by Gasteiger charge is 2.30. The number of aryl methyl sites for hydroxylation is 1. The summed E-state index contributed by atoms with van der Waals surface area (Å²) in [6.45, 7) is 3.37. The molecule has 20 heavy (non-hydrogen) atoms. The molecule has 0 amide bonds. The van der Waals surface area contributed by atoms with Crippen molar-refractivity contribution in [2.75, 3.05) is 27.2 Å². The number of methoxy groups -OCH3 is 1. The Morgan fingerprint density at radius 1 is 1.40 bits per heavy atom. The van der Waals surface area contributed by atoms with Gasteiger partial charge in [-0.15, -0.1) is 12.4 Å². The van der Waals surface area contributed by atoms with Gasteiger partial charge in [-0.1, -0.05) is 0 Å². The van der Waals surface area contributed by atoms with Crippen molar-refractivity contribution in [1.82, 2.24) is 9.62 Å². The van der Waals surface area contributed by atoms with Crippen molar-refractivity contribution < 1.29 is 13.2 Å². The van der Waals surface area contributed by atoms with E-state index in [2.05, 4.69) is 5.32 Å². The van der Waals surface area contributed by atoms with Crippen LogP contribution < -0.4 is 10.1 Å². The first-order valence-corrected chi connectivity index (χ1v) is 7.74. The Hall–Kier alpha value is -0.820. The zero-order valence-corrected chi connectivity index (χ0v) is 13.6. The van der Waals surface area contributed by atoms with Crippen molar-refractivity contribution in [2.45, 2.75) is 24.3 Å². The summed E-state index contributed by atoms with van der Waals surface area (Å²) in [5.41, 5.74) is 0.706. The molecule has 1 heterocycles. The number of sulfonamides is 1. The molecule has 1 fully saturated rings. The number of nitrogens with one attached hydrogen (secondary N) is 1. The zero-order valence-electron chi connectivity index (χ0n) is 11.9. The fourth-order valence-electron chi connectivity index (χ4n) is 2.34. The van der Waals surface area contributed by atoms with E-state index in [0.29, 0.717) is 22.8 Å². The first-order valence-electron chi connectivity index (χ1n) is 6.30. The van der Waals surface area contributed by atoms with Crippen LogP contribution in [0.1, 0.15) is 12.0 Å². The van der Waals surface area contributed by atoms with Crippen LogP contribution in [0.4, 0.5) is 0 Å². The molecule has 0 aromatic heterocycles. The summed E-state index contributed by atoms with van der Waals surface area (Å²) in [7, 11) is -0.222. The molecule has 0 saturated carbocycles. The Balaban J connectivity index is 0.00000200. The molecule has 0 radical (unpaired) electrons. The molecule has 7 heteroatoms. The lowest BCUT2D eigenvalue weighted by molar-refractivity contribution is 0.387. The summed E-state index contributed by atoms with van der Waals surface area (Å²) < 4.78 is 31.8.